The molecule has 0 unspecified atom stereocenters. The summed E-state index contributed by atoms with van der Waals surface area (Å²) in [5, 5.41) is 9.38. The third kappa shape index (κ3) is 2.96. The minimum absolute atomic E-state index is 0.130. The fourth-order valence-electron chi connectivity index (χ4n) is 1.45. The van der Waals surface area contributed by atoms with Gasteiger partial charge in [0.15, 0.2) is 0 Å². The highest BCUT2D eigenvalue weighted by molar-refractivity contribution is 7.86. The number of hydrogen-bond donors (Lipinski definition) is 1. The van der Waals surface area contributed by atoms with E-state index in [1.54, 1.807) is 31.2 Å². The highest BCUT2D eigenvalue weighted by atomic mass is 32.2. The topological polar surface area (TPSA) is 60.9 Å². The van der Waals surface area contributed by atoms with Crippen LogP contribution in [0.15, 0.2) is 24.3 Å². The Morgan fingerprint density at radius 2 is 1.82 bits per heavy atom. The summed E-state index contributed by atoms with van der Waals surface area (Å²) in [5.41, 5.74) is 0.748. The second-order valence-corrected chi connectivity index (χ2v) is 6.28. The van der Waals surface area contributed by atoms with Gasteiger partial charge in [-0.1, -0.05) is 12.1 Å². The van der Waals surface area contributed by atoms with Crippen LogP contribution in [0.4, 0.5) is 0 Å². The molecule has 0 spiro atoms. The Balaban J connectivity index is 3.02. The molecule has 0 aliphatic rings. The number of rotatable bonds is 4. The first kappa shape index (κ1) is 14.0. The summed E-state index contributed by atoms with van der Waals surface area (Å²) in [6.45, 7) is 1.77. The van der Waals surface area contributed by atoms with Crippen LogP contribution in [-0.4, -0.2) is 43.3 Å². The number of aromatic hydroxyl groups is 1. The fourth-order valence-corrected chi connectivity index (χ4v) is 2.49. The van der Waals surface area contributed by atoms with Gasteiger partial charge in [-0.05, 0) is 24.6 Å². The molecule has 0 aliphatic heterocycles. The van der Waals surface area contributed by atoms with Crippen LogP contribution in [0.2, 0.25) is 0 Å². The fraction of sp³-hybridized carbons (Fsp3) is 0.455. The molecule has 0 bridgehead atoms. The Kier molecular flexibility index (Phi) is 4.13. The number of nitrogens with zero attached hydrogens (tertiary/aromatic N) is 2. The average molecular weight is 258 g/mol. The van der Waals surface area contributed by atoms with Gasteiger partial charge in [-0.15, -0.1) is 0 Å². The number of benzene rings is 1. The van der Waals surface area contributed by atoms with Crippen molar-refractivity contribution in [3.8, 4) is 5.75 Å². The predicted octanol–water partition coefficient (Wildman–Crippen LogP) is 1.19. The van der Waals surface area contributed by atoms with E-state index in [2.05, 4.69) is 0 Å². The molecule has 1 aromatic rings. The first-order valence-electron chi connectivity index (χ1n) is 5.21. The monoisotopic (exact) mass is 258 g/mol. The molecular formula is C11H18N2O3S. The number of phenolic OH excluding ortho intramolecular Hbond substituents is 1. The van der Waals surface area contributed by atoms with Gasteiger partial charge in [0.25, 0.3) is 10.2 Å². The summed E-state index contributed by atoms with van der Waals surface area (Å²) in [6, 6.07) is 6.25. The van der Waals surface area contributed by atoms with Crippen LogP contribution in [0.3, 0.4) is 0 Å². The second-order valence-electron chi connectivity index (χ2n) is 4.08. The first-order valence-corrected chi connectivity index (χ1v) is 6.61. The molecule has 17 heavy (non-hydrogen) atoms. The minimum Gasteiger partial charge on any atom is -0.508 e. The maximum atomic E-state index is 11.9. The lowest BCUT2D eigenvalue weighted by Crippen LogP contribution is -2.38. The molecule has 0 saturated heterocycles. The van der Waals surface area contributed by atoms with Crippen molar-refractivity contribution in [2.24, 2.45) is 0 Å². The Labute approximate surface area is 102 Å². The predicted molar refractivity (Wildman–Crippen MR) is 66.9 cm³/mol. The Hall–Kier alpha value is -1.11. The van der Waals surface area contributed by atoms with Crippen molar-refractivity contribution < 1.29 is 13.5 Å². The molecule has 0 radical (unpaired) electrons. The van der Waals surface area contributed by atoms with E-state index >= 15 is 0 Å². The largest absolute Gasteiger partial charge is 0.508 e. The molecule has 0 aromatic heterocycles. The van der Waals surface area contributed by atoms with Gasteiger partial charge in [0.2, 0.25) is 0 Å². The van der Waals surface area contributed by atoms with Gasteiger partial charge in [-0.2, -0.15) is 17.0 Å². The Morgan fingerprint density at radius 3 is 2.29 bits per heavy atom. The lowest BCUT2D eigenvalue weighted by molar-refractivity contribution is 0.363. The summed E-state index contributed by atoms with van der Waals surface area (Å²) < 4.78 is 26.3. The van der Waals surface area contributed by atoms with Crippen molar-refractivity contribution in [2.45, 2.75) is 13.0 Å². The maximum absolute atomic E-state index is 11.9. The van der Waals surface area contributed by atoms with Crippen molar-refractivity contribution in [1.82, 2.24) is 8.61 Å². The van der Waals surface area contributed by atoms with Gasteiger partial charge >= 0.3 is 0 Å². The normalized spacial score (nSPS) is 14.2. The molecule has 1 aromatic carbocycles. The van der Waals surface area contributed by atoms with Crippen LogP contribution in [0, 0.1) is 0 Å². The van der Waals surface area contributed by atoms with Gasteiger partial charge in [-0.25, -0.2) is 0 Å². The van der Waals surface area contributed by atoms with E-state index in [4.69, 9.17) is 0 Å². The van der Waals surface area contributed by atoms with E-state index in [1.165, 1.54) is 25.4 Å². The zero-order valence-corrected chi connectivity index (χ0v) is 11.3. The minimum atomic E-state index is -3.45. The summed E-state index contributed by atoms with van der Waals surface area (Å²) in [5.74, 6) is 0.130. The van der Waals surface area contributed by atoms with Crippen LogP contribution in [0.5, 0.6) is 5.75 Å². The Bertz CT molecular complexity index is 485. The molecule has 5 nitrogen and oxygen atoms in total. The van der Waals surface area contributed by atoms with Crippen molar-refractivity contribution in [1.29, 1.82) is 0 Å². The molecule has 0 aliphatic carbocycles. The van der Waals surface area contributed by atoms with E-state index in [9.17, 15) is 13.5 Å². The van der Waals surface area contributed by atoms with Gasteiger partial charge in [0.1, 0.15) is 5.75 Å². The second kappa shape index (κ2) is 5.03. The van der Waals surface area contributed by atoms with Gasteiger partial charge in [0, 0.05) is 27.2 Å². The van der Waals surface area contributed by atoms with Crippen molar-refractivity contribution in [2.75, 3.05) is 21.1 Å². The average Bonchev–Trinajstić information content (AvgIpc) is 2.26. The zero-order chi connectivity index (χ0) is 13.2. The highest BCUT2D eigenvalue weighted by Gasteiger charge is 2.26. The van der Waals surface area contributed by atoms with Crippen LogP contribution in [0.1, 0.15) is 18.5 Å². The Morgan fingerprint density at radius 1 is 1.24 bits per heavy atom. The molecule has 96 valence electrons. The molecular weight excluding hydrogens is 240 g/mol. The van der Waals surface area contributed by atoms with Gasteiger partial charge < -0.3 is 5.11 Å². The van der Waals surface area contributed by atoms with Crippen LogP contribution in [-0.2, 0) is 10.2 Å². The van der Waals surface area contributed by atoms with E-state index in [1.807, 2.05) is 0 Å². The van der Waals surface area contributed by atoms with E-state index in [0.29, 0.717) is 0 Å². The third-order valence-corrected chi connectivity index (χ3v) is 4.69. The third-order valence-electron chi connectivity index (χ3n) is 2.72. The summed E-state index contributed by atoms with van der Waals surface area (Å²) in [4.78, 5) is 0. The molecule has 6 heteroatoms. The molecule has 1 atom stereocenters. The molecule has 0 saturated carbocycles. The van der Waals surface area contributed by atoms with Gasteiger partial charge in [-0.3, -0.25) is 0 Å². The van der Waals surface area contributed by atoms with Crippen LogP contribution < -0.4 is 0 Å². The molecule has 0 amide bonds. The lowest BCUT2D eigenvalue weighted by atomic mass is 10.1. The smallest absolute Gasteiger partial charge is 0.281 e. The SMILES string of the molecule is C[C@H](c1cccc(O)c1)N(C)S(=O)(=O)N(C)C. The van der Waals surface area contributed by atoms with Crippen LogP contribution in [0.25, 0.3) is 0 Å². The summed E-state index contributed by atoms with van der Waals surface area (Å²) >= 11 is 0. The lowest BCUT2D eigenvalue weighted by Gasteiger charge is -2.27. The number of hydrogen-bond acceptors (Lipinski definition) is 3. The van der Waals surface area contributed by atoms with Crippen molar-refractivity contribution in [3.05, 3.63) is 29.8 Å². The first-order chi connectivity index (χ1) is 7.76. The van der Waals surface area contributed by atoms with E-state index < -0.39 is 10.2 Å². The van der Waals surface area contributed by atoms with E-state index in [-0.39, 0.29) is 11.8 Å². The zero-order valence-electron chi connectivity index (χ0n) is 10.5. The molecule has 0 heterocycles. The van der Waals surface area contributed by atoms with Crippen LogP contribution >= 0.6 is 0 Å². The molecule has 1 rings (SSSR count). The van der Waals surface area contributed by atoms with Crippen molar-refractivity contribution >= 4 is 10.2 Å². The van der Waals surface area contributed by atoms with Crippen molar-refractivity contribution in [3.63, 3.8) is 0 Å². The maximum Gasteiger partial charge on any atom is 0.281 e. The van der Waals surface area contributed by atoms with Gasteiger partial charge in [0.05, 0.1) is 0 Å². The number of phenols is 1. The molecule has 1 N–H and O–H groups in total. The quantitative estimate of drug-likeness (QED) is 0.882. The van der Waals surface area contributed by atoms with E-state index in [0.717, 1.165) is 9.87 Å². The standard InChI is InChI=1S/C11H18N2O3S/c1-9(10-6-5-7-11(14)8-10)13(4)17(15,16)12(2)3/h5-9,14H,1-4H3/t9-/m1/s1. The summed E-state index contributed by atoms with van der Waals surface area (Å²) in [7, 11) is 1.04. The molecule has 0 fully saturated rings. The summed E-state index contributed by atoms with van der Waals surface area (Å²) in [6.07, 6.45) is 0. The highest BCUT2D eigenvalue weighted by Crippen LogP contribution is 2.24.